The number of ether oxygens (including phenoxy) is 1. The number of halogens is 2. The average Bonchev–Trinajstić information content (AvgIpc) is 3.20. The number of pyridine rings is 1. The lowest BCUT2D eigenvalue weighted by atomic mass is 10.2. The Balaban J connectivity index is 1.73. The van der Waals surface area contributed by atoms with Crippen LogP contribution in [0, 0.1) is 0 Å². The van der Waals surface area contributed by atoms with Gasteiger partial charge in [0.15, 0.2) is 0 Å². The molecule has 2 aromatic heterocycles. The zero-order valence-corrected chi connectivity index (χ0v) is 18.3. The van der Waals surface area contributed by atoms with Gasteiger partial charge in [-0.25, -0.2) is 9.78 Å². The maximum atomic E-state index is 10.9. The van der Waals surface area contributed by atoms with E-state index in [0.29, 0.717) is 33.8 Å². The highest BCUT2D eigenvalue weighted by Gasteiger charge is 2.10. The van der Waals surface area contributed by atoms with Gasteiger partial charge in [0, 0.05) is 28.0 Å². The van der Waals surface area contributed by atoms with Crippen LogP contribution in [0.25, 0.3) is 6.08 Å². The summed E-state index contributed by atoms with van der Waals surface area (Å²) in [6, 6.07) is 13.1. The SMILES string of the molecule is O=C(O)C=Cc1nc(CSc2c(Cl)cccc2Cl)ccc1OCCc1cccs1. The zero-order chi connectivity index (χ0) is 20.6. The highest BCUT2D eigenvalue weighted by atomic mass is 35.5. The highest BCUT2D eigenvalue weighted by Crippen LogP contribution is 2.35. The van der Waals surface area contributed by atoms with Crippen molar-refractivity contribution >= 4 is 58.3 Å². The second kappa shape index (κ2) is 10.7. The summed E-state index contributed by atoms with van der Waals surface area (Å²) in [4.78, 5) is 17.5. The third-order valence-corrected chi connectivity index (χ3v) is 6.76. The van der Waals surface area contributed by atoms with E-state index in [1.807, 2.05) is 23.6 Å². The van der Waals surface area contributed by atoms with Crippen LogP contribution in [0.5, 0.6) is 5.75 Å². The summed E-state index contributed by atoms with van der Waals surface area (Å²) < 4.78 is 5.85. The lowest BCUT2D eigenvalue weighted by Crippen LogP contribution is -2.03. The van der Waals surface area contributed by atoms with Gasteiger partial charge in [-0.3, -0.25) is 0 Å². The number of aliphatic carboxylic acids is 1. The van der Waals surface area contributed by atoms with Crippen LogP contribution >= 0.6 is 46.3 Å². The topological polar surface area (TPSA) is 59.4 Å². The largest absolute Gasteiger partial charge is 0.491 e. The highest BCUT2D eigenvalue weighted by molar-refractivity contribution is 7.98. The minimum atomic E-state index is -1.04. The van der Waals surface area contributed by atoms with E-state index in [1.54, 1.807) is 29.5 Å². The molecule has 0 fully saturated rings. The van der Waals surface area contributed by atoms with E-state index in [4.69, 9.17) is 33.0 Å². The number of carboxylic acids is 1. The molecule has 0 saturated heterocycles. The molecule has 150 valence electrons. The Morgan fingerprint density at radius 1 is 1.17 bits per heavy atom. The summed E-state index contributed by atoms with van der Waals surface area (Å²) in [5, 5.41) is 12.2. The number of rotatable bonds is 9. The van der Waals surface area contributed by atoms with E-state index in [0.717, 1.165) is 23.1 Å². The van der Waals surface area contributed by atoms with Gasteiger partial charge in [-0.15, -0.1) is 23.1 Å². The fraction of sp³-hybridized carbons (Fsp3) is 0.143. The summed E-state index contributed by atoms with van der Waals surface area (Å²) in [6.45, 7) is 0.486. The second-order valence-corrected chi connectivity index (χ2v) is 8.71. The molecular weight excluding hydrogens is 449 g/mol. The number of benzene rings is 1. The fourth-order valence-corrected chi connectivity index (χ4v) is 4.74. The Morgan fingerprint density at radius 3 is 2.66 bits per heavy atom. The van der Waals surface area contributed by atoms with Crippen LogP contribution in [0.2, 0.25) is 10.0 Å². The molecule has 0 amide bonds. The Morgan fingerprint density at radius 2 is 1.97 bits per heavy atom. The van der Waals surface area contributed by atoms with Crippen LogP contribution in [0.4, 0.5) is 0 Å². The number of carboxylic acid groups (broad SMARTS) is 1. The second-order valence-electron chi connectivity index (χ2n) is 5.87. The normalized spacial score (nSPS) is 11.1. The summed E-state index contributed by atoms with van der Waals surface area (Å²) in [5.41, 5.74) is 1.24. The molecule has 0 unspecified atom stereocenters. The minimum absolute atomic E-state index is 0.474. The van der Waals surface area contributed by atoms with E-state index >= 15 is 0 Å². The lowest BCUT2D eigenvalue weighted by molar-refractivity contribution is -0.131. The van der Waals surface area contributed by atoms with Crippen molar-refractivity contribution in [2.24, 2.45) is 0 Å². The molecule has 1 aromatic carbocycles. The van der Waals surface area contributed by atoms with Gasteiger partial charge in [0.2, 0.25) is 0 Å². The van der Waals surface area contributed by atoms with Crippen molar-refractivity contribution in [1.29, 1.82) is 0 Å². The lowest BCUT2D eigenvalue weighted by Gasteiger charge is -2.11. The van der Waals surface area contributed by atoms with Gasteiger partial charge in [0.25, 0.3) is 0 Å². The molecule has 8 heteroatoms. The van der Waals surface area contributed by atoms with Crippen LogP contribution in [-0.2, 0) is 17.0 Å². The Hall–Kier alpha value is -1.99. The zero-order valence-electron chi connectivity index (χ0n) is 15.2. The number of hydrogen-bond donors (Lipinski definition) is 1. The number of thiophene rings is 1. The Bertz CT molecular complexity index is 987. The van der Waals surface area contributed by atoms with Crippen molar-refractivity contribution in [1.82, 2.24) is 4.98 Å². The predicted octanol–water partition coefficient (Wildman–Crippen LogP) is 6.46. The van der Waals surface area contributed by atoms with E-state index in [1.165, 1.54) is 22.7 Å². The molecule has 0 radical (unpaired) electrons. The van der Waals surface area contributed by atoms with Gasteiger partial charge < -0.3 is 9.84 Å². The molecule has 0 atom stereocenters. The molecule has 0 bridgehead atoms. The molecule has 3 rings (SSSR count). The van der Waals surface area contributed by atoms with E-state index in [-0.39, 0.29) is 0 Å². The molecule has 0 aliphatic heterocycles. The van der Waals surface area contributed by atoms with Crippen molar-refractivity contribution in [3.05, 3.63) is 80.2 Å². The molecular formula is C21H17Cl2NO3S2. The van der Waals surface area contributed by atoms with Crippen LogP contribution in [0.15, 0.2) is 58.8 Å². The van der Waals surface area contributed by atoms with Gasteiger partial charge in [-0.2, -0.15) is 0 Å². The molecule has 0 spiro atoms. The molecule has 2 heterocycles. The van der Waals surface area contributed by atoms with Crippen molar-refractivity contribution in [2.75, 3.05) is 6.61 Å². The number of aromatic nitrogens is 1. The maximum absolute atomic E-state index is 10.9. The number of carbonyl (C=O) groups is 1. The van der Waals surface area contributed by atoms with Crippen molar-refractivity contribution in [3.63, 3.8) is 0 Å². The first kappa shape index (κ1) is 21.7. The van der Waals surface area contributed by atoms with Gasteiger partial charge in [0.1, 0.15) is 11.4 Å². The van der Waals surface area contributed by atoms with Crippen LogP contribution < -0.4 is 4.74 Å². The fourth-order valence-electron chi connectivity index (χ4n) is 2.46. The molecule has 1 N–H and O–H groups in total. The molecule has 0 saturated carbocycles. The smallest absolute Gasteiger partial charge is 0.328 e. The van der Waals surface area contributed by atoms with Crippen LogP contribution in [0.3, 0.4) is 0 Å². The van der Waals surface area contributed by atoms with E-state index < -0.39 is 5.97 Å². The Kier molecular flexibility index (Phi) is 8.00. The predicted molar refractivity (Wildman–Crippen MR) is 120 cm³/mol. The third-order valence-electron chi connectivity index (χ3n) is 3.80. The molecule has 29 heavy (non-hydrogen) atoms. The quantitative estimate of drug-likeness (QED) is 0.290. The van der Waals surface area contributed by atoms with Crippen LogP contribution in [0.1, 0.15) is 16.3 Å². The van der Waals surface area contributed by atoms with Crippen molar-refractivity contribution < 1.29 is 14.6 Å². The molecule has 3 aromatic rings. The van der Waals surface area contributed by atoms with Gasteiger partial charge in [-0.1, -0.05) is 35.3 Å². The standard InChI is InChI=1S/C21H17Cl2NO3S2/c22-16-4-1-5-17(23)21(16)29-13-14-6-8-19(18(24-14)7-9-20(25)26)27-11-10-15-3-2-12-28-15/h1-9,12H,10-11,13H2,(H,25,26). The van der Waals surface area contributed by atoms with Crippen molar-refractivity contribution in [2.45, 2.75) is 17.1 Å². The summed E-state index contributed by atoms with van der Waals surface area (Å²) in [7, 11) is 0. The summed E-state index contributed by atoms with van der Waals surface area (Å²) in [5.74, 6) is 0.0369. The van der Waals surface area contributed by atoms with E-state index in [9.17, 15) is 4.79 Å². The first-order chi connectivity index (χ1) is 14.0. The molecule has 0 aliphatic carbocycles. The van der Waals surface area contributed by atoms with Gasteiger partial charge in [-0.05, 0) is 41.8 Å². The number of hydrogen-bond acceptors (Lipinski definition) is 5. The third kappa shape index (κ3) is 6.51. The minimum Gasteiger partial charge on any atom is -0.491 e. The van der Waals surface area contributed by atoms with Crippen molar-refractivity contribution in [3.8, 4) is 5.75 Å². The summed E-state index contributed by atoms with van der Waals surface area (Å²) in [6.07, 6.45) is 3.28. The maximum Gasteiger partial charge on any atom is 0.328 e. The van der Waals surface area contributed by atoms with Crippen LogP contribution in [-0.4, -0.2) is 22.7 Å². The Labute approximate surface area is 187 Å². The molecule has 4 nitrogen and oxygen atoms in total. The number of thioether (sulfide) groups is 1. The van der Waals surface area contributed by atoms with Gasteiger partial charge in [0.05, 0.1) is 22.3 Å². The molecule has 0 aliphatic rings. The first-order valence-corrected chi connectivity index (χ1v) is 11.3. The monoisotopic (exact) mass is 465 g/mol. The van der Waals surface area contributed by atoms with E-state index in [2.05, 4.69) is 11.1 Å². The average molecular weight is 466 g/mol. The number of nitrogens with zero attached hydrogens (tertiary/aromatic N) is 1. The first-order valence-electron chi connectivity index (χ1n) is 8.66. The summed E-state index contributed by atoms with van der Waals surface area (Å²) >= 11 is 15.6. The van der Waals surface area contributed by atoms with Gasteiger partial charge >= 0.3 is 5.97 Å².